The number of benzene rings is 1. The Morgan fingerprint density at radius 1 is 1.38 bits per heavy atom. The molecule has 0 aromatic heterocycles. The van der Waals surface area contributed by atoms with Gasteiger partial charge < -0.3 is 0 Å². The number of rotatable bonds is 1. The number of aryl methyl sites for hydroxylation is 1. The molecule has 0 spiro atoms. The minimum Gasteiger partial charge on any atom is -0.288 e. The zero-order valence-corrected chi connectivity index (χ0v) is 7.42. The van der Waals surface area contributed by atoms with E-state index >= 15 is 0 Å². The SMILES string of the molecule is Cc1cc(F)ccc1C1=CC=NC1. The Morgan fingerprint density at radius 3 is 2.85 bits per heavy atom. The van der Waals surface area contributed by atoms with Crippen LogP contribution in [0, 0.1) is 12.7 Å². The molecule has 0 radical (unpaired) electrons. The topological polar surface area (TPSA) is 12.4 Å². The van der Waals surface area contributed by atoms with Crippen LogP contribution in [0.4, 0.5) is 4.39 Å². The molecule has 2 rings (SSSR count). The predicted molar refractivity (Wildman–Crippen MR) is 52.5 cm³/mol. The highest BCUT2D eigenvalue weighted by Crippen LogP contribution is 2.21. The molecule has 2 heteroatoms. The molecular weight excluding hydrogens is 165 g/mol. The Kier molecular flexibility index (Phi) is 1.97. The molecule has 0 atom stereocenters. The van der Waals surface area contributed by atoms with Crippen LogP contribution in [0.25, 0.3) is 5.57 Å². The largest absolute Gasteiger partial charge is 0.288 e. The molecule has 1 nitrogen and oxygen atoms in total. The summed E-state index contributed by atoms with van der Waals surface area (Å²) < 4.78 is 12.8. The van der Waals surface area contributed by atoms with Crippen molar-refractivity contribution in [1.29, 1.82) is 0 Å². The first-order valence-corrected chi connectivity index (χ1v) is 4.23. The molecule has 66 valence electrons. The maximum atomic E-state index is 12.8. The van der Waals surface area contributed by atoms with Crippen molar-refractivity contribution >= 4 is 11.8 Å². The van der Waals surface area contributed by atoms with Crippen LogP contribution < -0.4 is 0 Å². The van der Waals surface area contributed by atoms with Gasteiger partial charge in [0.1, 0.15) is 5.82 Å². The Labute approximate surface area is 76.6 Å². The van der Waals surface area contributed by atoms with Crippen molar-refractivity contribution in [2.75, 3.05) is 6.54 Å². The van der Waals surface area contributed by atoms with Gasteiger partial charge in [0.25, 0.3) is 0 Å². The molecule has 0 unspecified atom stereocenters. The Morgan fingerprint density at radius 2 is 2.23 bits per heavy atom. The van der Waals surface area contributed by atoms with Crippen LogP contribution in [0.5, 0.6) is 0 Å². The maximum Gasteiger partial charge on any atom is 0.123 e. The van der Waals surface area contributed by atoms with E-state index in [4.69, 9.17) is 0 Å². The molecule has 0 amide bonds. The molecule has 0 bridgehead atoms. The average molecular weight is 175 g/mol. The Hall–Kier alpha value is -1.44. The van der Waals surface area contributed by atoms with Crippen LogP contribution in [0.1, 0.15) is 11.1 Å². The smallest absolute Gasteiger partial charge is 0.123 e. The Bertz CT molecular complexity index is 391. The summed E-state index contributed by atoms with van der Waals surface area (Å²) in [5.41, 5.74) is 3.23. The van der Waals surface area contributed by atoms with Gasteiger partial charge in [-0.3, -0.25) is 4.99 Å². The predicted octanol–water partition coefficient (Wildman–Crippen LogP) is 2.60. The zero-order chi connectivity index (χ0) is 9.26. The van der Waals surface area contributed by atoms with Crippen molar-refractivity contribution in [2.45, 2.75) is 6.92 Å². The van der Waals surface area contributed by atoms with Crippen LogP contribution in [0.3, 0.4) is 0 Å². The van der Waals surface area contributed by atoms with Gasteiger partial charge in [0.15, 0.2) is 0 Å². The van der Waals surface area contributed by atoms with E-state index in [1.807, 2.05) is 19.1 Å². The number of halogens is 1. The lowest BCUT2D eigenvalue weighted by Crippen LogP contribution is -1.90. The van der Waals surface area contributed by atoms with Crippen molar-refractivity contribution in [1.82, 2.24) is 0 Å². The first-order valence-electron chi connectivity index (χ1n) is 4.23. The van der Waals surface area contributed by atoms with Crippen molar-refractivity contribution in [2.24, 2.45) is 4.99 Å². The van der Waals surface area contributed by atoms with E-state index in [9.17, 15) is 4.39 Å². The highest BCUT2D eigenvalue weighted by Gasteiger charge is 2.07. The summed E-state index contributed by atoms with van der Waals surface area (Å²) in [5.74, 6) is -0.180. The van der Waals surface area contributed by atoms with Crippen LogP contribution in [-0.2, 0) is 0 Å². The Balaban J connectivity index is 2.41. The van der Waals surface area contributed by atoms with E-state index in [0.29, 0.717) is 6.54 Å². The summed E-state index contributed by atoms with van der Waals surface area (Å²) in [4.78, 5) is 4.09. The zero-order valence-electron chi connectivity index (χ0n) is 7.42. The molecule has 1 heterocycles. The van der Waals surface area contributed by atoms with Crippen LogP contribution in [-0.4, -0.2) is 12.8 Å². The number of allylic oxidation sites excluding steroid dienone is 1. The minimum absolute atomic E-state index is 0.180. The van der Waals surface area contributed by atoms with E-state index in [1.54, 1.807) is 12.3 Å². The summed E-state index contributed by atoms with van der Waals surface area (Å²) in [6.07, 6.45) is 3.76. The van der Waals surface area contributed by atoms with E-state index in [-0.39, 0.29) is 5.82 Å². The molecule has 1 aromatic carbocycles. The van der Waals surface area contributed by atoms with Gasteiger partial charge in [0, 0.05) is 6.21 Å². The number of hydrogen-bond donors (Lipinski definition) is 0. The van der Waals surface area contributed by atoms with Crippen LogP contribution in [0.2, 0.25) is 0 Å². The molecule has 0 N–H and O–H groups in total. The van der Waals surface area contributed by atoms with Crippen LogP contribution >= 0.6 is 0 Å². The molecule has 0 aliphatic carbocycles. The van der Waals surface area contributed by atoms with Gasteiger partial charge in [0.2, 0.25) is 0 Å². The minimum atomic E-state index is -0.180. The van der Waals surface area contributed by atoms with Crippen LogP contribution in [0.15, 0.2) is 29.3 Å². The van der Waals surface area contributed by atoms with Gasteiger partial charge in [-0.25, -0.2) is 4.39 Å². The normalized spacial score (nSPS) is 14.8. The average Bonchev–Trinajstić information content (AvgIpc) is 2.56. The number of aliphatic imine (C=N–C) groups is 1. The highest BCUT2D eigenvalue weighted by molar-refractivity contribution is 5.90. The van der Waals surface area contributed by atoms with Gasteiger partial charge >= 0.3 is 0 Å². The third kappa shape index (κ3) is 1.52. The van der Waals surface area contributed by atoms with E-state index in [1.165, 1.54) is 6.07 Å². The summed E-state index contributed by atoms with van der Waals surface area (Å²) in [6.45, 7) is 2.63. The molecule has 0 saturated heterocycles. The second-order valence-corrected chi connectivity index (χ2v) is 3.14. The van der Waals surface area contributed by atoms with E-state index in [0.717, 1.165) is 16.7 Å². The monoisotopic (exact) mass is 175 g/mol. The van der Waals surface area contributed by atoms with E-state index < -0.39 is 0 Å². The van der Waals surface area contributed by atoms with E-state index in [2.05, 4.69) is 4.99 Å². The molecular formula is C11H10FN. The molecule has 1 aromatic rings. The summed E-state index contributed by atoms with van der Waals surface area (Å²) in [7, 11) is 0. The number of nitrogens with zero attached hydrogens (tertiary/aromatic N) is 1. The fourth-order valence-corrected chi connectivity index (χ4v) is 1.51. The molecule has 1 aliphatic rings. The van der Waals surface area contributed by atoms with Gasteiger partial charge in [0.05, 0.1) is 6.54 Å². The fourth-order valence-electron chi connectivity index (χ4n) is 1.51. The van der Waals surface area contributed by atoms with Gasteiger partial charge in [-0.2, -0.15) is 0 Å². The quantitative estimate of drug-likeness (QED) is 0.622. The second-order valence-electron chi connectivity index (χ2n) is 3.14. The maximum absolute atomic E-state index is 12.8. The van der Waals surface area contributed by atoms with Gasteiger partial charge in [-0.05, 0) is 41.8 Å². The third-order valence-corrected chi connectivity index (χ3v) is 2.18. The van der Waals surface area contributed by atoms with Crippen molar-refractivity contribution < 1.29 is 4.39 Å². The lowest BCUT2D eigenvalue weighted by molar-refractivity contribution is 0.626. The summed E-state index contributed by atoms with van der Waals surface area (Å²) in [6, 6.07) is 4.85. The second kappa shape index (κ2) is 3.13. The third-order valence-electron chi connectivity index (χ3n) is 2.18. The lowest BCUT2D eigenvalue weighted by Gasteiger charge is -2.05. The van der Waals surface area contributed by atoms with Gasteiger partial charge in [-0.15, -0.1) is 0 Å². The molecule has 13 heavy (non-hydrogen) atoms. The van der Waals surface area contributed by atoms with Gasteiger partial charge in [-0.1, -0.05) is 6.07 Å². The molecule has 1 aliphatic heterocycles. The summed E-state index contributed by atoms with van der Waals surface area (Å²) >= 11 is 0. The fraction of sp³-hybridized carbons (Fsp3) is 0.182. The molecule has 0 saturated carbocycles. The first kappa shape index (κ1) is 8.17. The standard InChI is InChI=1S/C11H10FN/c1-8-6-10(12)2-3-11(8)9-4-5-13-7-9/h2-6H,7H2,1H3. The van der Waals surface area contributed by atoms with Crippen molar-refractivity contribution in [3.8, 4) is 0 Å². The van der Waals surface area contributed by atoms with Crippen molar-refractivity contribution in [3.05, 3.63) is 41.2 Å². The number of hydrogen-bond acceptors (Lipinski definition) is 1. The summed E-state index contributed by atoms with van der Waals surface area (Å²) in [5, 5.41) is 0. The first-order chi connectivity index (χ1) is 6.27. The van der Waals surface area contributed by atoms with Crippen molar-refractivity contribution in [3.63, 3.8) is 0 Å². The lowest BCUT2D eigenvalue weighted by atomic mass is 10.0. The highest BCUT2D eigenvalue weighted by atomic mass is 19.1. The molecule has 0 fully saturated rings.